The van der Waals surface area contributed by atoms with Crippen LogP contribution < -0.4 is 0 Å². The average Bonchev–Trinajstić information content (AvgIpc) is 3.16. The molecule has 0 fully saturated rings. The molecular formula is C11H8F3N7S. The first-order valence-corrected chi connectivity index (χ1v) is 6.95. The third kappa shape index (κ3) is 3.08. The predicted molar refractivity (Wildman–Crippen MR) is 70.1 cm³/mol. The van der Waals surface area contributed by atoms with Crippen molar-refractivity contribution in [3.8, 4) is 5.69 Å². The Balaban J connectivity index is 1.85. The highest BCUT2D eigenvalue weighted by Crippen LogP contribution is 2.30. The molecule has 0 aliphatic heterocycles. The van der Waals surface area contributed by atoms with Gasteiger partial charge < -0.3 is 0 Å². The van der Waals surface area contributed by atoms with Gasteiger partial charge in [0.15, 0.2) is 11.0 Å². The van der Waals surface area contributed by atoms with E-state index < -0.39 is 11.7 Å². The summed E-state index contributed by atoms with van der Waals surface area (Å²) in [5.74, 6) is 0.735. The molecule has 0 aliphatic rings. The van der Waals surface area contributed by atoms with Crippen molar-refractivity contribution in [2.75, 3.05) is 0 Å². The maximum Gasteiger partial charge on any atom is 0.416 e. The van der Waals surface area contributed by atoms with Crippen LogP contribution in [0.5, 0.6) is 0 Å². The second-order valence-electron chi connectivity index (χ2n) is 4.13. The molecule has 0 radical (unpaired) electrons. The fourth-order valence-corrected chi connectivity index (χ4v) is 2.39. The van der Waals surface area contributed by atoms with Gasteiger partial charge in [-0.1, -0.05) is 17.8 Å². The zero-order chi connectivity index (χ0) is 15.6. The summed E-state index contributed by atoms with van der Waals surface area (Å²) < 4.78 is 39.5. The van der Waals surface area contributed by atoms with Gasteiger partial charge in [0.1, 0.15) is 6.33 Å². The van der Waals surface area contributed by atoms with E-state index in [0.29, 0.717) is 16.7 Å². The quantitative estimate of drug-likeness (QED) is 0.739. The molecule has 11 heteroatoms. The summed E-state index contributed by atoms with van der Waals surface area (Å²) in [6.07, 6.45) is -3.06. The molecule has 0 amide bonds. The Morgan fingerprint density at radius 3 is 2.86 bits per heavy atom. The van der Waals surface area contributed by atoms with Crippen molar-refractivity contribution >= 4 is 11.8 Å². The number of nitrogens with one attached hydrogen (secondary N) is 1. The third-order valence-corrected chi connectivity index (χ3v) is 3.56. The number of aromatic amines is 1. The molecule has 0 saturated heterocycles. The van der Waals surface area contributed by atoms with E-state index in [9.17, 15) is 13.2 Å². The highest BCUT2D eigenvalue weighted by Gasteiger charge is 2.30. The van der Waals surface area contributed by atoms with Crippen molar-refractivity contribution in [1.82, 2.24) is 35.4 Å². The predicted octanol–water partition coefficient (Wildman–Crippen LogP) is 2.09. The third-order valence-electron chi connectivity index (χ3n) is 2.68. The summed E-state index contributed by atoms with van der Waals surface area (Å²) in [5.41, 5.74) is -0.512. The fourth-order valence-electron chi connectivity index (χ4n) is 1.71. The molecule has 1 aromatic carbocycles. The zero-order valence-electron chi connectivity index (χ0n) is 10.8. The first-order valence-electron chi connectivity index (χ1n) is 5.97. The van der Waals surface area contributed by atoms with Gasteiger partial charge in [-0.3, -0.25) is 5.10 Å². The van der Waals surface area contributed by atoms with E-state index in [2.05, 4.69) is 30.7 Å². The molecular weight excluding hydrogens is 319 g/mol. The van der Waals surface area contributed by atoms with Crippen molar-refractivity contribution in [3.63, 3.8) is 0 Å². The number of nitrogens with zero attached hydrogens (tertiary/aromatic N) is 6. The Morgan fingerprint density at radius 2 is 2.14 bits per heavy atom. The number of alkyl halides is 3. The Bertz CT molecular complexity index is 753. The lowest BCUT2D eigenvalue weighted by Crippen LogP contribution is -2.08. The Kier molecular flexibility index (Phi) is 3.79. The van der Waals surface area contributed by atoms with Crippen LogP contribution in [0.3, 0.4) is 0 Å². The highest BCUT2D eigenvalue weighted by molar-refractivity contribution is 7.98. The number of H-pyrrole nitrogens is 1. The number of aromatic nitrogens is 7. The average molecular weight is 327 g/mol. The zero-order valence-corrected chi connectivity index (χ0v) is 11.6. The normalized spacial score (nSPS) is 11.8. The van der Waals surface area contributed by atoms with Crippen molar-refractivity contribution in [3.05, 3.63) is 42.0 Å². The summed E-state index contributed by atoms with van der Waals surface area (Å²) in [7, 11) is 0. The summed E-state index contributed by atoms with van der Waals surface area (Å²) >= 11 is 1.29. The van der Waals surface area contributed by atoms with Crippen LogP contribution >= 0.6 is 11.8 Å². The van der Waals surface area contributed by atoms with Crippen molar-refractivity contribution in [2.45, 2.75) is 17.1 Å². The number of hydrogen-bond donors (Lipinski definition) is 1. The molecule has 3 rings (SSSR count). The minimum atomic E-state index is -4.42. The molecule has 0 aliphatic carbocycles. The molecule has 22 heavy (non-hydrogen) atoms. The molecule has 0 spiro atoms. The van der Waals surface area contributed by atoms with E-state index in [4.69, 9.17) is 0 Å². The molecule has 7 nitrogen and oxygen atoms in total. The number of rotatable bonds is 4. The van der Waals surface area contributed by atoms with Crippen LogP contribution in [0.25, 0.3) is 5.69 Å². The largest absolute Gasteiger partial charge is 0.416 e. The van der Waals surface area contributed by atoms with E-state index >= 15 is 0 Å². The maximum absolute atomic E-state index is 12.8. The highest BCUT2D eigenvalue weighted by atomic mass is 32.2. The van der Waals surface area contributed by atoms with Crippen LogP contribution in [-0.4, -0.2) is 35.4 Å². The lowest BCUT2D eigenvalue weighted by Gasteiger charge is -2.09. The summed E-state index contributed by atoms with van der Waals surface area (Å²) in [6.45, 7) is 0. The van der Waals surface area contributed by atoms with Gasteiger partial charge >= 0.3 is 6.18 Å². The van der Waals surface area contributed by atoms with Crippen LogP contribution in [0.1, 0.15) is 11.4 Å². The van der Waals surface area contributed by atoms with Crippen molar-refractivity contribution in [1.29, 1.82) is 0 Å². The summed E-state index contributed by atoms with van der Waals surface area (Å²) in [4.78, 5) is 3.93. The van der Waals surface area contributed by atoms with E-state index in [1.165, 1.54) is 34.9 Å². The number of hydrogen-bond acceptors (Lipinski definition) is 6. The van der Waals surface area contributed by atoms with E-state index in [1.807, 2.05) is 0 Å². The van der Waals surface area contributed by atoms with Gasteiger partial charge in [0.25, 0.3) is 0 Å². The van der Waals surface area contributed by atoms with Gasteiger partial charge in [0.05, 0.1) is 17.0 Å². The first-order chi connectivity index (χ1) is 10.5. The van der Waals surface area contributed by atoms with Crippen molar-refractivity contribution in [2.24, 2.45) is 0 Å². The number of benzene rings is 1. The van der Waals surface area contributed by atoms with Crippen LogP contribution in [-0.2, 0) is 11.9 Å². The smallest absolute Gasteiger partial charge is 0.254 e. The lowest BCUT2D eigenvalue weighted by atomic mass is 10.2. The van der Waals surface area contributed by atoms with Gasteiger partial charge in [-0.2, -0.15) is 23.0 Å². The van der Waals surface area contributed by atoms with Crippen LogP contribution in [0, 0.1) is 0 Å². The van der Waals surface area contributed by atoms with Crippen LogP contribution in [0.15, 0.2) is 35.7 Å². The molecule has 1 N–H and O–H groups in total. The number of halogens is 3. The molecule has 2 heterocycles. The molecule has 0 saturated carbocycles. The van der Waals surface area contributed by atoms with E-state index in [0.717, 1.165) is 12.1 Å². The molecule has 0 unspecified atom stereocenters. The minimum Gasteiger partial charge on any atom is -0.254 e. The van der Waals surface area contributed by atoms with Gasteiger partial charge in [-0.05, 0) is 28.6 Å². The monoisotopic (exact) mass is 327 g/mol. The van der Waals surface area contributed by atoms with Crippen LogP contribution in [0.2, 0.25) is 0 Å². The molecule has 114 valence electrons. The number of tetrazole rings is 1. The Labute approximate surface area is 125 Å². The van der Waals surface area contributed by atoms with Gasteiger partial charge in [-0.15, -0.1) is 5.10 Å². The Morgan fingerprint density at radius 1 is 1.27 bits per heavy atom. The SMILES string of the molecule is FC(F)(F)c1cccc(-n2nnnc2CSc2ncn[nH]2)c1. The first kappa shape index (κ1) is 14.5. The molecule has 0 atom stereocenters. The van der Waals surface area contributed by atoms with Crippen molar-refractivity contribution < 1.29 is 13.2 Å². The molecule has 3 aromatic rings. The Hall–Kier alpha value is -2.43. The van der Waals surface area contributed by atoms with E-state index in [1.54, 1.807) is 0 Å². The lowest BCUT2D eigenvalue weighted by molar-refractivity contribution is -0.137. The molecule has 0 bridgehead atoms. The standard InChI is InChI=1S/C11H8F3N7S/c12-11(13,14)7-2-1-3-8(4-7)21-9(17-19-20-21)5-22-10-15-6-16-18-10/h1-4,6H,5H2,(H,15,16,18). The number of thioether (sulfide) groups is 1. The fraction of sp³-hybridized carbons (Fsp3) is 0.182. The summed E-state index contributed by atoms with van der Waals surface area (Å²) in [5, 5.41) is 18.0. The second-order valence-corrected chi connectivity index (χ2v) is 5.10. The van der Waals surface area contributed by atoms with E-state index in [-0.39, 0.29) is 5.69 Å². The maximum atomic E-state index is 12.8. The van der Waals surface area contributed by atoms with Gasteiger partial charge in [0, 0.05) is 0 Å². The minimum absolute atomic E-state index is 0.244. The molecule has 2 aromatic heterocycles. The van der Waals surface area contributed by atoms with Crippen LogP contribution in [0.4, 0.5) is 13.2 Å². The van der Waals surface area contributed by atoms with Gasteiger partial charge in [0.2, 0.25) is 0 Å². The topological polar surface area (TPSA) is 85.2 Å². The van der Waals surface area contributed by atoms with Gasteiger partial charge in [-0.25, -0.2) is 4.98 Å². The summed E-state index contributed by atoms with van der Waals surface area (Å²) in [6, 6.07) is 4.82. The second kappa shape index (κ2) is 5.75.